The third kappa shape index (κ3) is 7.98. The first-order valence-electron chi connectivity index (χ1n) is 15.0. The van der Waals surface area contributed by atoms with E-state index in [9.17, 15) is 18.0 Å². The van der Waals surface area contributed by atoms with E-state index in [-0.39, 0.29) is 23.4 Å². The van der Waals surface area contributed by atoms with E-state index in [1.165, 1.54) is 9.21 Å². The predicted molar refractivity (Wildman–Crippen MR) is 173 cm³/mol. The van der Waals surface area contributed by atoms with E-state index in [4.69, 9.17) is 11.6 Å². The number of amides is 2. The van der Waals surface area contributed by atoms with Gasteiger partial charge in [-0.1, -0.05) is 91.4 Å². The fraction of sp³-hybridized carbons (Fsp3) is 0.412. The fourth-order valence-electron chi connectivity index (χ4n) is 5.71. The molecule has 2 amide bonds. The second kappa shape index (κ2) is 14.4. The van der Waals surface area contributed by atoms with Crippen LogP contribution in [0.1, 0.15) is 67.7 Å². The van der Waals surface area contributed by atoms with Gasteiger partial charge in [0.15, 0.2) is 0 Å². The minimum atomic E-state index is -4.13. The van der Waals surface area contributed by atoms with Crippen LogP contribution in [-0.4, -0.2) is 43.8 Å². The van der Waals surface area contributed by atoms with Crippen molar-refractivity contribution < 1.29 is 18.0 Å². The van der Waals surface area contributed by atoms with E-state index in [0.717, 1.165) is 48.8 Å². The molecule has 230 valence electrons. The maximum absolute atomic E-state index is 14.3. The number of rotatable bonds is 11. The van der Waals surface area contributed by atoms with E-state index in [1.807, 2.05) is 52.0 Å². The molecular weight excluding hydrogens is 582 g/mol. The summed E-state index contributed by atoms with van der Waals surface area (Å²) in [5.41, 5.74) is 3.72. The summed E-state index contributed by atoms with van der Waals surface area (Å²) in [6.45, 7) is 7.11. The Morgan fingerprint density at radius 3 is 2.21 bits per heavy atom. The molecular formula is C34H42ClN3O4S. The Morgan fingerprint density at radius 2 is 1.58 bits per heavy atom. The number of halogens is 1. The van der Waals surface area contributed by atoms with Crippen molar-refractivity contribution in [2.24, 2.45) is 0 Å². The normalized spacial score (nSPS) is 14.6. The third-order valence-electron chi connectivity index (χ3n) is 8.14. The Labute approximate surface area is 261 Å². The van der Waals surface area contributed by atoms with Gasteiger partial charge < -0.3 is 10.2 Å². The molecule has 1 atom stereocenters. The molecule has 1 aliphatic rings. The number of nitrogens with one attached hydrogen (secondary N) is 1. The maximum Gasteiger partial charge on any atom is 0.264 e. The summed E-state index contributed by atoms with van der Waals surface area (Å²) in [5, 5.41) is 3.64. The highest BCUT2D eigenvalue weighted by molar-refractivity contribution is 7.92. The van der Waals surface area contributed by atoms with Crippen molar-refractivity contribution in [3.05, 3.63) is 94.0 Å². The van der Waals surface area contributed by atoms with Crippen LogP contribution in [0.25, 0.3) is 0 Å². The van der Waals surface area contributed by atoms with Crippen LogP contribution in [0, 0.1) is 20.8 Å². The Kier molecular flexibility index (Phi) is 10.9. The number of hydrogen-bond donors (Lipinski definition) is 1. The highest BCUT2D eigenvalue weighted by Gasteiger charge is 2.35. The van der Waals surface area contributed by atoms with Crippen molar-refractivity contribution in [2.45, 2.75) is 89.7 Å². The summed E-state index contributed by atoms with van der Waals surface area (Å²) in [5.74, 6) is -0.713. The second-order valence-corrected chi connectivity index (χ2v) is 13.8. The van der Waals surface area contributed by atoms with Crippen molar-refractivity contribution in [3.63, 3.8) is 0 Å². The zero-order valence-corrected chi connectivity index (χ0v) is 27.0. The number of carbonyl (C=O) groups excluding carboxylic acids is 2. The smallest absolute Gasteiger partial charge is 0.264 e. The first kappa shape index (κ1) is 32.6. The Balaban J connectivity index is 1.74. The zero-order chi connectivity index (χ0) is 31.1. The molecule has 0 saturated heterocycles. The second-order valence-electron chi connectivity index (χ2n) is 11.5. The van der Waals surface area contributed by atoms with Gasteiger partial charge in [-0.25, -0.2) is 8.42 Å². The lowest BCUT2D eigenvalue weighted by atomic mass is 9.95. The van der Waals surface area contributed by atoms with Crippen molar-refractivity contribution in [1.82, 2.24) is 10.2 Å². The molecule has 1 aliphatic carbocycles. The van der Waals surface area contributed by atoms with Crippen LogP contribution in [0.5, 0.6) is 0 Å². The van der Waals surface area contributed by atoms with Crippen molar-refractivity contribution in [1.29, 1.82) is 0 Å². The average molecular weight is 624 g/mol. The first-order valence-corrected chi connectivity index (χ1v) is 16.8. The highest BCUT2D eigenvalue weighted by atomic mass is 35.5. The van der Waals surface area contributed by atoms with Gasteiger partial charge in [0, 0.05) is 17.6 Å². The van der Waals surface area contributed by atoms with Gasteiger partial charge in [0.1, 0.15) is 12.6 Å². The zero-order valence-electron chi connectivity index (χ0n) is 25.5. The molecule has 1 N–H and O–H groups in total. The van der Waals surface area contributed by atoms with Gasteiger partial charge in [0.25, 0.3) is 10.0 Å². The molecule has 1 fully saturated rings. The van der Waals surface area contributed by atoms with Crippen LogP contribution < -0.4 is 9.62 Å². The van der Waals surface area contributed by atoms with Crippen LogP contribution in [0.2, 0.25) is 5.02 Å². The summed E-state index contributed by atoms with van der Waals surface area (Å²) in [7, 11) is -4.13. The number of sulfonamides is 1. The van der Waals surface area contributed by atoms with Gasteiger partial charge in [-0.15, -0.1) is 0 Å². The van der Waals surface area contributed by atoms with E-state index in [0.29, 0.717) is 22.7 Å². The molecule has 7 nitrogen and oxygen atoms in total. The quantitative estimate of drug-likeness (QED) is 0.257. The van der Waals surface area contributed by atoms with Gasteiger partial charge >= 0.3 is 0 Å². The van der Waals surface area contributed by atoms with Gasteiger partial charge in [-0.3, -0.25) is 13.9 Å². The summed E-state index contributed by atoms with van der Waals surface area (Å²) in [4.78, 5) is 29.6. The van der Waals surface area contributed by atoms with Gasteiger partial charge in [0.05, 0.1) is 10.6 Å². The minimum absolute atomic E-state index is 0.0698. The number of hydrogen-bond acceptors (Lipinski definition) is 4. The molecule has 1 saturated carbocycles. The van der Waals surface area contributed by atoms with Gasteiger partial charge in [-0.2, -0.15) is 0 Å². The molecule has 3 aromatic rings. The Bertz CT molecular complexity index is 1540. The lowest BCUT2D eigenvalue weighted by Gasteiger charge is -2.35. The monoisotopic (exact) mass is 623 g/mol. The SMILES string of the molecule is CC[C@H](C(=O)NC1CCCCC1)N(Cc1ccccc1Cl)C(=O)CN(c1ccc(C)cc1C)S(=O)(=O)c1ccc(C)cc1. The topological polar surface area (TPSA) is 86.8 Å². The van der Waals surface area contributed by atoms with Crippen molar-refractivity contribution in [3.8, 4) is 0 Å². The number of carbonyl (C=O) groups is 2. The van der Waals surface area contributed by atoms with E-state index in [1.54, 1.807) is 42.5 Å². The number of aryl methyl sites for hydroxylation is 3. The van der Waals surface area contributed by atoms with Gasteiger partial charge in [0.2, 0.25) is 11.8 Å². The van der Waals surface area contributed by atoms with E-state index < -0.39 is 28.5 Å². The average Bonchev–Trinajstić information content (AvgIpc) is 2.97. The molecule has 0 heterocycles. The molecule has 4 rings (SSSR count). The molecule has 0 bridgehead atoms. The summed E-state index contributed by atoms with van der Waals surface area (Å²) >= 11 is 6.51. The van der Waals surface area contributed by atoms with Crippen LogP contribution in [0.15, 0.2) is 71.6 Å². The Morgan fingerprint density at radius 1 is 0.930 bits per heavy atom. The number of benzene rings is 3. The lowest BCUT2D eigenvalue weighted by Crippen LogP contribution is -2.54. The summed E-state index contributed by atoms with van der Waals surface area (Å²) in [6.07, 6.45) is 5.47. The summed E-state index contributed by atoms with van der Waals surface area (Å²) in [6, 6.07) is 18.5. The molecule has 0 unspecified atom stereocenters. The minimum Gasteiger partial charge on any atom is -0.352 e. The summed E-state index contributed by atoms with van der Waals surface area (Å²) < 4.78 is 29.5. The van der Waals surface area contributed by atoms with Crippen LogP contribution in [-0.2, 0) is 26.2 Å². The van der Waals surface area contributed by atoms with Crippen molar-refractivity contribution >= 4 is 39.1 Å². The molecule has 0 radical (unpaired) electrons. The lowest BCUT2D eigenvalue weighted by molar-refractivity contribution is -0.140. The molecule has 3 aromatic carbocycles. The van der Waals surface area contributed by atoms with Crippen LogP contribution >= 0.6 is 11.6 Å². The van der Waals surface area contributed by atoms with Gasteiger partial charge in [-0.05, 0) is 75.4 Å². The first-order chi connectivity index (χ1) is 20.5. The number of nitrogens with zero attached hydrogens (tertiary/aromatic N) is 2. The van der Waals surface area contributed by atoms with Crippen molar-refractivity contribution in [2.75, 3.05) is 10.8 Å². The number of anilines is 1. The fourth-order valence-corrected chi connectivity index (χ4v) is 7.38. The van der Waals surface area contributed by atoms with Crippen LogP contribution in [0.3, 0.4) is 0 Å². The molecule has 0 aliphatic heterocycles. The highest BCUT2D eigenvalue weighted by Crippen LogP contribution is 2.29. The molecule has 0 aromatic heterocycles. The predicted octanol–water partition coefficient (Wildman–Crippen LogP) is 6.72. The standard InChI is InChI=1S/C34H42ClN3O4S/c1-5-31(34(40)36-28-12-7-6-8-13-28)37(22-27-11-9-10-14-30(27)35)33(39)23-38(32-20-17-25(3)21-26(32)4)43(41,42)29-18-15-24(2)16-19-29/h9-11,14-21,28,31H,5-8,12-13,22-23H2,1-4H3,(H,36,40)/t31-/m1/s1. The molecule has 43 heavy (non-hydrogen) atoms. The largest absolute Gasteiger partial charge is 0.352 e. The Hall–Kier alpha value is -3.36. The van der Waals surface area contributed by atoms with E-state index >= 15 is 0 Å². The van der Waals surface area contributed by atoms with E-state index in [2.05, 4.69) is 5.32 Å². The van der Waals surface area contributed by atoms with Crippen LogP contribution in [0.4, 0.5) is 5.69 Å². The molecule has 9 heteroatoms. The maximum atomic E-state index is 14.3. The third-order valence-corrected chi connectivity index (χ3v) is 10.3. The molecule has 0 spiro atoms.